The first kappa shape index (κ1) is 13.8. The highest BCUT2D eigenvalue weighted by molar-refractivity contribution is 5.07. The van der Waals surface area contributed by atoms with E-state index >= 15 is 0 Å². The Morgan fingerprint density at radius 3 is 2.62 bits per heavy atom. The molecule has 3 atom stereocenters. The molecule has 0 spiro atoms. The lowest BCUT2D eigenvalue weighted by Gasteiger charge is -2.26. The van der Waals surface area contributed by atoms with Crippen molar-refractivity contribution < 1.29 is 9.15 Å². The highest BCUT2D eigenvalue weighted by atomic mass is 16.5. The van der Waals surface area contributed by atoms with Crippen LogP contribution < -0.4 is 0 Å². The minimum absolute atomic E-state index is 0.734. The standard InChI is InChI=1S/C17H26N2O2/c1-13-2-3-15(21-13)11-19-8-5-16-17(19)4-7-18(16)10-14-6-9-20-12-14/h2-3,14,16-17H,4-12H2,1H3/t14-,16-,17+/m1/s1. The molecule has 1 aromatic heterocycles. The van der Waals surface area contributed by atoms with Gasteiger partial charge in [-0.05, 0) is 44.2 Å². The van der Waals surface area contributed by atoms with Crippen molar-refractivity contribution in [1.29, 1.82) is 0 Å². The Bertz CT molecular complexity index is 481. The summed E-state index contributed by atoms with van der Waals surface area (Å²) >= 11 is 0. The summed E-state index contributed by atoms with van der Waals surface area (Å²) in [5.41, 5.74) is 0. The quantitative estimate of drug-likeness (QED) is 0.850. The summed E-state index contributed by atoms with van der Waals surface area (Å²) < 4.78 is 11.3. The second-order valence-corrected chi connectivity index (χ2v) is 6.92. The minimum Gasteiger partial charge on any atom is -0.465 e. The summed E-state index contributed by atoms with van der Waals surface area (Å²) in [6, 6.07) is 5.70. The largest absolute Gasteiger partial charge is 0.465 e. The molecule has 0 N–H and O–H groups in total. The topological polar surface area (TPSA) is 28.9 Å². The van der Waals surface area contributed by atoms with Gasteiger partial charge in [-0.1, -0.05) is 0 Å². The highest BCUT2D eigenvalue weighted by Gasteiger charge is 2.43. The van der Waals surface area contributed by atoms with Gasteiger partial charge < -0.3 is 9.15 Å². The molecule has 3 aliphatic heterocycles. The van der Waals surface area contributed by atoms with Gasteiger partial charge in [-0.3, -0.25) is 9.80 Å². The fourth-order valence-corrected chi connectivity index (χ4v) is 4.42. The predicted molar refractivity (Wildman–Crippen MR) is 81.2 cm³/mol. The number of furan rings is 1. The molecule has 0 unspecified atom stereocenters. The predicted octanol–water partition coefficient (Wildman–Crippen LogP) is 2.27. The Balaban J connectivity index is 1.36. The fourth-order valence-electron chi connectivity index (χ4n) is 4.42. The summed E-state index contributed by atoms with van der Waals surface area (Å²) in [5, 5.41) is 0. The van der Waals surface area contributed by atoms with Crippen LogP contribution in [0, 0.1) is 12.8 Å². The van der Waals surface area contributed by atoms with Crippen LogP contribution in [0.4, 0.5) is 0 Å². The molecule has 0 bridgehead atoms. The summed E-state index contributed by atoms with van der Waals surface area (Å²) in [6.07, 6.45) is 3.89. The van der Waals surface area contributed by atoms with Crippen molar-refractivity contribution in [2.75, 3.05) is 32.8 Å². The van der Waals surface area contributed by atoms with Crippen LogP contribution in [0.25, 0.3) is 0 Å². The average Bonchev–Trinajstić information content (AvgIpc) is 3.20. The van der Waals surface area contributed by atoms with Gasteiger partial charge in [0.2, 0.25) is 0 Å². The molecule has 4 nitrogen and oxygen atoms in total. The van der Waals surface area contributed by atoms with E-state index in [2.05, 4.69) is 21.9 Å². The Hall–Kier alpha value is -0.840. The van der Waals surface area contributed by atoms with Crippen molar-refractivity contribution in [3.05, 3.63) is 23.7 Å². The average molecular weight is 290 g/mol. The molecule has 3 fully saturated rings. The number of nitrogens with zero attached hydrogens (tertiary/aromatic N) is 2. The number of hydrogen-bond acceptors (Lipinski definition) is 4. The van der Waals surface area contributed by atoms with Gasteiger partial charge >= 0.3 is 0 Å². The number of rotatable bonds is 4. The number of hydrogen-bond donors (Lipinski definition) is 0. The van der Waals surface area contributed by atoms with Crippen molar-refractivity contribution in [3.8, 4) is 0 Å². The van der Waals surface area contributed by atoms with E-state index in [1.807, 2.05) is 6.92 Å². The van der Waals surface area contributed by atoms with Gasteiger partial charge in [0, 0.05) is 38.3 Å². The normalized spacial score (nSPS) is 33.9. The second kappa shape index (κ2) is 5.75. The lowest BCUT2D eigenvalue weighted by atomic mass is 10.1. The molecule has 3 aliphatic rings. The van der Waals surface area contributed by atoms with E-state index in [0.29, 0.717) is 0 Å². The first-order valence-corrected chi connectivity index (χ1v) is 8.41. The van der Waals surface area contributed by atoms with Crippen molar-refractivity contribution in [3.63, 3.8) is 0 Å². The SMILES string of the molecule is Cc1ccc(CN2CC[C@@H]3[C@@H]2CCN3C[C@H]2CCOC2)o1. The molecule has 0 amide bonds. The lowest BCUT2D eigenvalue weighted by Crippen LogP contribution is -2.38. The molecule has 1 aromatic rings. The highest BCUT2D eigenvalue weighted by Crippen LogP contribution is 2.33. The van der Waals surface area contributed by atoms with Gasteiger partial charge in [0.15, 0.2) is 0 Å². The molecule has 0 radical (unpaired) electrons. The van der Waals surface area contributed by atoms with Crippen molar-refractivity contribution in [2.45, 2.75) is 44.8 Å². The molecule has 4 heteroatoms. The third-order valence-electron chi connectivity index (χ3n) is 5.48. The van der Waals surface area contributed by atoms with E-state index in [-0.39, 0.29) is 0 Å². The van der Waals surface area contributed by atoms with Crippen LogP contribution in [0.15, 0.2) is 16.5 Å². The van der Waals surface area contributed by atoms with Crippen LogP contribution in [0.2, 0.25) is 0 Å². The molecular weight excluding hydrogens is 264 g/mol. The van der Waals surface area contributed by atoms with E-state index in [1.165, 1.54) is 38.9 Å². The third-order valence-corrected chi connectivity index (χ3v) is 5.48. The van der Waals surface area contributed by atoms with Crippen LogP contribution in [-0.2, 0) is 11.3 Å². The maximum absolute atomic E-state index is 5.76. The molecular formula is C17H26N2O2. The van der Waals surface area contributed by atoms with Crippen molar-refractivity contribution >= 4 is 0 Å². The molecule has 21 heavy (non-hydrogen) atoms. The van der Waals surface area contributed by atoms with Crippen LogP contribution in [0.5, 0.6) is 0 Å². The summed E-state index contributed by atoms with van der Waals surface area (Å²) in [7, 11) is 0. The molecule has 3 saturated heterocycles. The zero-order valence-electron chi connectivity index (χ0n) is 13.0. The maximum Gasteiger partial charge on any atom is 0.118 e. The maximum atomic E-state index is 5.76. The number of aryl methyl sites for hydroxylation is 1. The zero-order valence-corrected chi connectivity index (χ0v) is 13.0. The van der Waals surface area contributed by atoms with Crippen molar-refractivity contribution in [1.82, 2.24) is 9.80 Å². The molecule has 0 aliphatic carbocycles. The van der Waals surface area contributed by atoms with Gasteiger partial charge in [0.1, 0.15) is 11.5 Å². The molecule has 0 aromatic carbocycles. The summed E-state index contributed by atoms with van der Waals surface area (Å²) in [6.45, 7) is 8.67. The van der Waals surface area contributed by atoms with Gasteiger partial charge in [-0.15, -0.1) is 0 Å². The van der Waals surface area contributed by atoms with Crippen molar-refractivity contribution in [2.24, 2.45) is 5.92 Å². The number of likely N-dealkylation sites (tertiary alicyclic amines) is 2. The molecule has 116 valence electrons. The van der Waals surface area contributed by atoms with Crippen LogP contribution >= 0.6 is 0 Å². The van der Waals surface area contributed by atoms with Gasteiger partial charge in [-0.25, -0.2) is 0 Å². The number of fused-ring (bicyclic) bond motifs is 1. The Labute approximate surface area is 127 Å². The third kappa shape index (κ3) is 2.77. The number of ether oxygens (including phenoxy) is 1. The molecule has 4 heterocycles. The Morgan fingerprint density at radius 2 is 1.90 bits per heavy atom. The Morgan fingerprint density at radius 1 is 1.10 bits per heavy atom. The second-order valence-electron chi connectivity index (χ2n) is 6.92. The van der Waals surface area contributed by atoms with Gasteiger partial charge in [0.05, 0.1) is 13.2 Å². The smallest absolute Gasteiger partial charge is 0.118 e. The molecule has 0 saturated carbocycles. The lowest BCUT2D eigenvalue weighted by molar-refractivity contribution is 0.158. The monoisotopic (exact) mass is 290 g/mol. The minimum atomic E-state index is 0.734. The van der Waals surface area contributed by atoms with Gasteiger partial charge in [0.25, 0.3) is 0 Å². The van der Waals surface area contributed by atoms with Crippen LogP contribution in [0.3, 0.4) is 0 Å². The fraction of sp³-hybridized carbons (Fsp3) is 0.765. The Kier molecular flexibility index (Phi) is 3.78. The van der Waals surface area contributed by atoms with E-state index in [4.69, 9.17) is 9.15 Å². The first-order chi connectivity index (χ1) is 10.3. The van der Waals surface area contributed by atoms with Crippen LogP contribution in [-0.4, -0.2) is 54.7 Å². The van der Waals surface area contributed by atoms with Gasteiger partial charge in [-0.2, -0.15) is 0 Å². The summed E-state index contributed by atoms with van der Waals surface area (Å²) in [4.78, 5) is 5.37. The van der Waals surface area contributed by atoms with Crippen LogP contribution in [0.1, 0.15) is 30.8 Å². The van der Waals surface area contributed by atoms with E-state index in [9.17, 15) is 0 Å². The zero-order chi connectivity index (χ0) is 14.2. The van der Waals surface area contributed by atoms with E-state index in [0.717, 1.165) is 49.3 Å². The first-order valence-electron chi connectivity index (χ1n) is 8.41. The van der Waals surface area contributed by atoms with E-state index in [1.54, 1.807) is 0 Å². The summed E-state index contributed by atoms with van der Waals surface area (Å²) in [5.74, 6) is 2.91. The molecule has 4 rings (SSSR count). The van der Waals surface area contributed by atoms with E-state index < -0.39 is 0 Å².